The van der Waals surface area contributed by atoms with Gasteiger partial charge in [-0.1, -0.05) is 71.1 Å². The van der Waals surface area contributed by atoms with Crippen LogP contribution in [0, 0.1) is 0 Å². The molecule has 3 heteroatoms. The zero-order chi connectivity index (χ0) is 15.5. The standard InChI is InChI=1S/C18H32O3/c1-3-4-5-6-7-8-9-10-11-12-13-17(19)16-14-18(20)21-15(16)2/h14-15,17,19H,3-13H2,1-2H3. The maximum absolute atomic E-state index is 11.1. The van der Waals surface area contributed by atoms with Gasteiger partial charge in [-0.2, -0.15) is 0 Å². The van der Waals surface area contributed by atoms with Crippen LogP contribution < -0.4 is 0 Å². The van der Waals surface area contributed by atoms with Crippen molar-refractivity contribution in [1.82, 2.24) is 0 Å². The molecule has 0 amide bonds. The summed E-state index contributed by atoms with van der Waals surface area (Å²) in [7, 11) is 0. The van der Waals surface area contributed by atoms with Gasteiger partial charge in [-0.3, -0.25) is 0 Å². The van der Waals surface area contributed by atoms with Crippen molar-refractivity contribution in [2.75, 3.05) is 0 Å². The summed E-state index contributed by atoms with van der Waals surface area (Å²) in [6, 6.07) is 0. The second-order valence-corrected chi connectivity index (χ2v) is 6.21. The Morgan fingerprint density at radius 3 is 2.05 bits per heavy atom. The van der Waals surface area contributed by atoms with E-state index in [0.717, 1.165) is 18.4 Å². The number of cyclic esters (lactones) is 1. The van der Waals surface area contributed by atoms with Crippen LogP contribution in [0.1, 0.15) is 84.5 Å². The van der Waals surface area contributed by atoms with Crippen LogP contribution in [0.2, 0.25) is 0 Å². The summed E-state index contributed by atoms with van der Waals surface area (Å²) in [6.45, 7) is 4.07. The Hall–Kier alpha value is -0.830. The predicted molar refractivity (Wildman–Crippen MR) is 86.1 cm³/mol. The lowest BCUT2D eigenvalue weighted by atomic mass is 9.99. The van der Waals surface area contributed by atoms with Crippen LogP contribution in [0.3, 0.4) is 0 Å². The average Bonchev–Trinajstić information content (AvgIpc) is 2.79. The third kappa shape index (κ3) is 7.66. The molecule has 0 aliphatic carbocycles. The van der Waals surface area contributed by atoms with Crippen molar-refractivity contribution in [1.29, 1.82) is 0 Å². The van der Waals surface area contributed by atoms with E-state index >= 15 is 0 Å². The molecular weight excluding hydrogens is 264 g/mol. The van der Waals surface area contributed by atoms with E-state index < -0.39 is 6.10 Å². The third-order valence-corrected chi connectivity index (χ3v) is 4.26. The fourth-order valence-electron chi connectivity index (χ4n) is 2.89. The first-order valence-electron chi connectivity index (χ1n) is 8.75. The molecule has 2 unspecified atom stereocenters. The first kappa shape index (κ1) is 18.2. The highest BCUT2D eigenvalue weighted by atomic mass is 16.5. The lowest BCUT2D eigenvalue weighted by Crippen LogP contribution is -2.18. The zero-order valence-corrected chi connectivity index (χ0v) is 13.8. The smallest absolute Gasteiger partial charge is 0.331 e. The lowest BCUT2D eigenvalue weighted by Gasteiger charge is -2.15. The fourth-order valence-corrected chi connectivity index (χ4v) is 2.89. The summed E-state index contributed by atoms with van der Waals surface area (Å²) >= 11 is 0. The third-order valence-electron chi connectivity index (χ3n) is 4.26. The molecule has 0 saturated heterocycles. The second kappa shape index (κ2) is 10.8. The van der Waals surface area contributed by atoms with Gasteiger partial charge in [-0.15, -0.1) is 0 Å². The predicted octanol–water partition coefficient (Wildman–Crippen LogP) is 4.53. The van der Waals surface area contributed by atoms with Crippen LogP contribution in [0.15, 0.2) is 11.6 Å². The topological polar surface area (TPSA) is 46.5 Å². The highest BCUT2D eigenvalue weighted by molar-refractivity contribution is 5.86. The lowest BCUT2D eigenvalue weighted by molar-refractivity contribution is -0.138. The molecular formula is C18H32O3. The van der Waals surface area contributed by atoms with Crippen molar-refractivity contribution in [3.63, 3.8) is 0 Å². The SMILES string of the molecule is CCCCCCCCCCCCC(O)C1=CC(=O)OC1C. The summed E-state index contributed by atoms with van der Waals surface area (Å²) in [6.07, 6.45) is 14.3. The number of hydrogen-bond acceptors (Lipinski definition) is 3. The molecule has 21 heavy (non-hydrogen) atoms. The molecule has 1 aliphatic rings. The molecule has 0 aromatic rings. The van der Waals surface area contributed by atoms with Crippen molar-refractivity contribution < 1.29 is 14.6 Å². The first-order valence-corrected chi connectivity index (χ1v) is 8.75. The van der Waals surface area contributed by atoms with Crippen LogP contribution in [-0.4, -0.2) is 23.3 Å². The molecule has 122 valence electrons. The monoisotopic (exact) mass is 296 g/mol. The van der Waals surface area contributed by atoms with Gasteiger partial charge in [0.25, 0.3) is 0 Å². The Kier molecular flexibility index (Phi) is 9.40. The maximum Gasteiger partial charge on any atom is 0.331 e. The number of aliphatic hydroxyl groups excluding tert-OH is 1. The Morgan fingerprint density at radius 2 is 1.57 bits per heavy atom. The summed E-state index contributed by atoms with van der Waals surface area (Å²) in [4.78, 5) is 11.1. The Labute approximate surface area is 129 Å². The molecule has 2 atom stereocenters. The summed E-state index contributed by atoms with van der Waals surface area (Å²) < 4.78 is 5.00. The van der Waals surface area contributed by atoms with E-state index in [0.29, 0.717) is 0 Å². The minimum atomic E-state index is -0.513. The van der Waals surface area contributed by atoms with Gasteiger partial charge in [-0.05, 0) is 13.3 Å². The van der Waals surface area contributed by atoms with Gasteiger partial charge >= 0.3 is 5.97 Å². The Bertz CT molecular complexity index is 322. The molecule has 0 saturated carbocycles. The molecule has 0 aromatic heterocycles. The van der Waals surface area contributed by atoms with Crippen molar-refractivity contribution in [3.05, 3.63) is 11.6 Å². The molecule has 0 radical (unpaired) electrons. The first-order chi connectivity index (χ1) is 10.1. The average molecular weight is 296 g/mol. The number of ether oxygens (including phenoxy) is 1. The van der Waals surface area contributed by atoms with Gasteiger partial charge in [-0.25, -0.2) is 4.79 Å². The molecule has 3 nitrogen and oxygen atoms in total. The molecule has 0 spiro atoms. The molecule has 0 bridgehead atoms. The molecule has 0 fully saturated rings. The Morgan fingerprint density at radius 1 is 1.05 bits per heavy atom. The second-order valence-electron chi connectivity index (χ2n) is 6.21. The van der Waals surface area contributed by atoms with Crippen LogP contribution >= 0.6 is 0 Å². The highest BCUT2D eigenvalue weighted by Crippen LogP contribution is 2.22. The minimum absolute atomic E-state index is 0.254. The summed E-state index contributed by atoms with van der Waals surface area (Å²) in [5, 5.41) is 10.1. The minimum Gasteiger partial charge on any atom is -0.455 e. The fraction of sp³-hybridized carbons (Fsp3) is 0.833. The van der Waals surface area contributed by atoms with Gasteiger partial charge < -0.3 is 9.84 Å². The number of esters is 1. The van der Waals surface area contributed by atoms with Gasteiger partial charge in [0.15, 0.2) is 0 Å². The quantitative estimate of drug-likeness (QED) is 0.425. The number of hydrogen-bond donors (Lipinski definition) is 1. The van der Waals surface area contributed by atoms with E-state index in [2.05, 4.69) is 6.92 Å². The van der Waals surface area contributed by atoms with E-state index in [4.69, 9.17) is 4.74 Å². The summed E-state index contributed by atoms with van der Waals surface area (Å²) in [5.74, 6) is -0.320. The van der Waals surface area contributed by atoms with Crippen molar-refractivity contribution >= 4 is 5.97 Å². The van der Waals surface area contributed by atoms with E-state index in [1.54, 1.807) is 0 Å². The maximum atomic E-state index is 11.1. The molecule has 1 aliphatic heterocycles. The van der Waals surface area contributed by atoms with Crippen LogP contribution in [0.25, 0.3) is 0 Å². The Balaban J connectivity index is 1.95. The zero-order valence-electron chi connectivity index (χ0n) is 13.8. The van der Waals surface area contributed by atoms with Crippen LogP contribution in [-0.2, 0) is 9.53 Å². The highest BCUT2D eigenvalue weighted by Gasteiger charge is 2.26. The van der Waals surface area contributed by atoms with Gasteiger partial charge in [0.05, 0.1) is 6.10 Å². The molecule has 1 heterocycles. The number of aliphatic hydroxyl groups is 1. The van der Waals surface area contributed by atoms with E-state index in [1.807, 2.05) is 6.92 Å². The molecule has 0 aromatic carbocycles. The normalized spacial score (nSPS) is 19.5. The molecule has 1 rings (SSSR count). The van der Waals surface area contributed by atoms with Crippen molar-refractivity contribution in [2.45, 2.75) is 96.7 Å². The largest absolute Gasteiger partial charge is 0.455 e. The van der Waals surface area contributed by atoms with Gasteiger partial charge in [0.2, 0.25) is 0 Å². The van der Waals surface area contributed by atoms with Crippen LogP contribution in [0.5, 0.6) is 0 Å². The number of carbonyl (C=O) groups is 1. The number of unbranched alkanes of at least 4 members (excludes halogenated alkanes) is 9. The van der Waals surface area contributed by atoms with E-state index in [1.165, 1.54) is 63.9 Å². The van der Waals surface area contributed by atoms with E-state index in [-0.39, 0.29) is 12.1 Å². The van der Waals surface area contributed by atoms with Gasteiger partial charge in [0, 0.05) is 11.6 Å². The van der Waals surface area contributed by atoms with Gasteiger partial charge in [0.1, 0.15) is 6.10 Å². The van der Waals surface area contributed by atoms with Crippen molar-refractivity contribution in [2.24, 2.45) is 0 Å². The number of rotatable bonds is 12. The summed E-state index contributed by atoms with van der Waals surface area (Å²) in [5.41, 5.74) is 0.746. The van der Waals surface area contributed by atoms with Crippen LogP contribution in [0.4, 0.5) is 0 Å². The number of carbonyl (C=O) groups excluding carboxylic acids is 1. The van der Waals surface area contributed by atoms with Crippen molar-refractivity contribution in [3.8, 4) is 0 Å². The molecule has 1 N–H and O–H groups in total. The van der Waals surface area contributed by atoms with E-state index in [9.17, 15) is 9.90 Å².